The highest BCUT2D eigenvalue weighted by atomic mass is 16.2. The lowest BCUT2D eigenvalue weighted by Gasteiger charge is -2.25. The third kappa shape index (κ3) is 3.39. The standard InChI is InChI=1S/C17H23N5O2/c1-11-8-18-21(9-11)10-14-5-4-6-22(14)16(23)7-15-12(2)19-13(3)20-17(15)24/h8-9,14H,4-7,10H2,1-3H3,(H,19,20,24)/t14-/m0/s1. The number of carbonyl (C=O) groups is 1. The summed E-state index contributed by atoms with van der Waals surface area (Å²) in [6.45, 7) is 6.95. The third-order valence-corrected chi connectivity index (χ3v) is 4.53. The zero-order chi connectivity index (χ0) is 17.3. The lowest BCUT2D eigenvalue weighted by Crippen LogP contribution is -2.40. The van der Waals surface area contributed by atoms with E-state index < -0.39 is 0 Å². The van der Waals surface area contributed by atoms with Crippen LogP contribution in [0.3, 0.4) is 0 Å². The Labute approximate surface area is 140 Å². The van der Waals surface area contributed by atoms with Crippen molar-refractivity contribution < 1.29 is 4.79 Å². The number of hydrogen-bond donors (Lipinski definition) is 1. The molecule has 0 saturated carbocycles. The summed E-state index contributed by atoms with van der Waals surface area (Å²) in [6.07, 6.45) is 5.86. The van der Waals surface area contributed by atoms with Crippen molar-refractivity contribution in [2.75, 3.05) is 6.54 Å². The van der Waals surface area contributed by atoms with Crippen LogP contribution in [0.2, 0.25) is 0 Å². The van der Waals surface area contributed by atoms with Gasteiger partial charge in [0.2, 0.25) is 5.91 Å². The molecule has 24 heavy (non-hydrogen) atoms. The monoisotopic (exact) mass is 329 g/mol. The molecule has 0 aromatic carbocycles. The van der Waals surface area contributed by atoms with Gasteiger partial charge in [-0.1, -0.05) is 0 Å². The van der Waals surface area contributed by atoms with Crippen molar-refractivity contribution in [3.8, 4) is 0 Å². The minimum atomic E-state index is -0.216. The van der Waals surface area contributed by atoms with Gasteiger partial charge >= 0.3 is 0 Å². The highest BCUT2D eigenvalue weighted by Gasteiger charge is 2.29. The maximum Gasteiger partial charge on any atom is 0.254 e. The Balaban J connectivity index is 1.73. The van der Waals surface area contributed by atoms with Crippen LogP contribution in [0.15, 0.2) is 17.2 Å². The molecule has 1 saturated heterocycles. The second-order valence-corrected chi connectivity index (χ2v) is 6.51. The molecule has 2 aromatic rings. The van der Waals surface area contributed by atoms with Gasteiger partial charge in [-0.25, -0.2) is 4.98 Å². The predicted octanol–water partition coefficient (Wildman–Crippen LogP) is 1.13. The number of nitrogens with zero attached hydrogens (tertiary/aromatic N) is 4. The average Bonchev–Trinajstić information content (AvgIpc) is 3.12. The molecule has 7 nitrogen and oxygen atoms in total. The first-order valence-electron chi connectivity index (χ1n) is 8.29. The van der Waals surface area contributed by atoms with Gasteiger partial charge < -0.3 is 9.88 Å². The Morgan fingerprint density at radius 1 is 1.38 bits per heavy atom. The van der Waals surface area contributed by atoms with Crippen LogP contribution in [0, 0.1) is 20.8 Å². The lowest BCUT2D eigenvalue weighted by molar-refractivity contribution is -0.131. The first kappa shape index (κ1) is 16.4. The summed E-state index contributed by atoms with van der Waals surface area (Å²) in [5.74, 6) is 0.558. The normalized spacial score (nSPS) is 17.5. The van der Waals surface area contributed by atoms with E-state index in [1.807, 2.05) is 28.9 Å². The zero-order valence-electron chi connectivity index (χ0n) is 14.4. The topological polar surface area (TPSA) is 83.9 Å². The van der Waals surface area contributed by atoms with Crippen LogP contribution in [0.1, 0.15) is 35.5 Å². The highest BCUT2D eigenvalue weighted by Crippen LogP contribution is 2.20. The minimum Gasteiger partial charge on any atom is -0.338 e. The molecule has 7 heteroatoms. The van der Waals surface area contributed by atoms with Gasteiger partial charge in [-0.2, -0.15) is 5.10 Å². The Morgan fingerprint density at radius 3 is 2.83 bits per heavy atom. The molecule has 1 aliphatic rings. The summed E-state index contributed by atoms with van der Waals surface area (Å²) in [6, 6.07) is 0.134. The number of aromatic nitrogens is 4. The molecule has 1 fully saturated rings. The largest absolute Gasteiger partial charge is 0.338 e. The van der Waals surface area contributed by atoms with E-state index in [-0.39, 0.29) is 23.9 Å². The van der Waals surface area contributed by atoms with Crippen LogP contribution < -0.4 is 5.56 Å². The number of carbonyl (C=O) groups excluding carboxylic acids is 1. The summed E-state index contributed by atoms with van der Waals surface area (Å²) in [4.78, 5) is 33.7. The second-order valence-electron chi connectivity index (χ2n) is 6.51. The van der Waals surface area contributed by atoms with Crippen molar-refractivity contribution in [2.24, 2.45) is 0 Å². The van der Waals surface area contributed by atoms with Crippen molar-refractivity contribution in [3.05, 3.63) is 45.4 Å². The smallest absolute Gasteiger partial charge is 0.254 e. The zero-order valence-corrected chi connectivity index (χ0v) is 14.4. The SMILES string of the molecule is Cc1cnn(C[C@@H]2CCCN2C(=O)Cc2c(C)nc(C)[nH]c2=O)c1. The number of H-pyrrole nitrogens is 1. The van der Waals surface area contributed by atoms with Gasteiger partial charge in [0.1, 0.15) is 5.82 Å². The molecule has 0 bridgehead atoms. The number of nitrogens with one attached hydrogen (secondary N) is 1. The molecule has 2 aromatic heterocycles. The fraction of sp³-hybridized carbons (Fsp3) is 0.529. The Bertz CT molecular complexity index is 808. The van der Waals surface area contributed by atoms with E-state index in [1.165, 1.54) is 0 Å². The van der Waals surface area contributed by atoms with Gasteiger partial charge in [0.15, 0.2) is 0 Å². The van der Waals surface area contributed by atoms with E-state index in [2.05, 4.69) is 15.1 Å². The van der Waals surface area contributed by atoms with Gasteiger partial charge in [-0.3, -0.25) is 14.3 Å². The van der Waals surface area contributed by atoms with Crippen LogP contribution in [-0.4, -0.2) is 43.1 Å². The molecule has 1 amide bonds. The molecule has 1 atom stereocenters. The average molecular weight is 329 g/mol. The summed E-state index contributed by atoms with van der Waals surface area (Å²) in [5.41, 5.74) is 1.99. The number of hydrogen-bond acceptors (Lipinski definition) is 4. The van der Waals surface area contributed by atoms with Crippen molar-refractivity contribution in [3.63, 3.8) is 0 Å². The molecule has 3 heterocycles. The van der Waals surface area contributed by atoms with Gasteiger partial charge in [-0.15, -0.1) is 0 Å². The van der Waals surface area contributed by atoms with Crippen molar-refractivity contribution in [1.82, 2.24) is 24.6 Å². The molecule has 1 N–H and O–H groups in total. The van der Waals surface area contributed by atoms with Gasteiger partial charge in [0.05, 0.1) is 25.2 Å². The minimum absolute atomic E-state index is 0.0133. The molecule has 0 unspecified atom stereocenters. The quantitative estimate of drug-likeness (QED) is 0.911. The van der Waals surface area contributed by atoms with Crippen molar-refractivity contribution in [1.29, 1.82) is 0 Å². The number of aromatic amines is 1. The number of aryl methyl sites for hydroxylation is 3. The summed E-state index contributed by atoms with van der Waals surface area (Å²) in [7, 11) is 0. The molecule has 0 radical (unpaired) electrons. The molecule has 1 aliphatic heterocycles. The Hall–Kier alpha value is -2.44. The lowest BCUT2D eigenvalue weighted by atomic mass is 10.1. The van der Waals surface area contributed by atoms with E-state index in [0.29, 0.717) is 23.6 Å². The fourth-order valence-corrected chi connectivity index (χ4v) is 3.35. The van der Waals surface area contributed by atoms with Crippen LogP contribution in [0.5, 0.6) is 0 Å². The number of likely N-dealkylation sites (tertiary alicyclic amines) is 1. The molecule has 0 aliphatic carbocycles. The summed E-state index contributed by atoms with van der Waals surface area (Å²) < 4.78 is 1.89. The number of rotatable bonds is 4. The molecule has 0 spiro atoms. The van der Waals surface area contributed by atoms with Crippen molar-refractivity contribution in [2.45, 2.75) is 52.6 Å². The first-order valence-corrected chi connectivity index (χ1v) is 8.29. The first-order chi connectivity index (χ1) is 11.4. The van der Waals surface area contributed by atoms with Crippen LogP contribution in [0.4, 0.5) is 0 Å². The molecular formula is C17H23N5O2. The Kier molecular flexibility index (Phi) is 4.51. The van der Waals surface area contributed by atoms with E-state index in [4.69, 9.17) is 0 Å². The number of amides is 1. The van der Waals surface area contributed by atoms with E-state index in [9.17, 15) is 9.59 Å². The third-order valence-electron chi connectivity index (χ3n) is 4.53. The van der Waals surface area contributed by atoms with Gasteiger partial charge in [0.25, 0.3) is 5.56 Å². The molecule has 128 valence electrons. The molecular weight excluding hydrogens is 306 g/mol. The maximum atomic E-state index is 12.7. The van der Waals surface area contributed by atoms with Gasteiger partial charge in [-0.05, 0) is 39.2 Å². The van der Waals surface area contributed by atoms with E-state index in [1.54, 1.807) is 13.8 Å². The predicted molar refractivity (Wildman–Crippen MR) is 89.7 cm³/mol. The van der Waals surface area contributed by atoms with E-state index in [0.717, 1.165) is 24.9 Å². The molecule has 3 rings (SSSR count). The summed E-state index contributed by atoms with van der Waals surface area (Å²) in [5, 5.41) is 4.31. The van der Waals surface area contributed by atoms with Crippen molar-refractivity contribution >= 4 is 5.91 Å². The van der Waals surface area contributed by atoms with Gasteiger partial charge in [0, 0.05) is 24.0 Å². The van der Waals surface area contributed by atoms with Crippen LogP contribution in [-0.2, 0) is 17.8 Å². The van der Waals surface area contributed by atoms with Crippen LogP contribution >= 0.6 is 0 Å². The highest BCUT2D eigenvalue weighted by molar-refractivity contribution is 5.79. The van der Waals surface area contributed by atoms with Crippen LogP contribution in [0.25, 0.3) is 0 Å². The Morgan fingerprint density at radius 2 is 2.17 bits per heavy atom. The van der Waals surface area contributed by atoms with E-state index >= 15 is 0 Å². The second kappa shape index (κ2) is 6.59. The summed E-state index contributed by atoms with van der Waals surface area (Å²) >= 11 is 0. The maximum absolute atomic E-state index is 12.7. The fourth-order valence-electron chi connectivity index (χ4n) is 3.35.